The molecule has 0 aliphatic carbocycles. The van der Waals surface area contributed by atoms with Gasteiger partial charge in [-0.25, -0.2) is 0 Å². The minimum absolute atomic E-state index is 0.900. The van der Waals surface area contributed by atoms with Crippen molar-refractivity contribution in [3.63, 3.8) is 0 Å². The first-order chi connectivity index (χ1) is 28.8. The molecule has 0 atom stereocenters. The maximum absolute atomic E-state index is 6.42. The predicted molar refractivity (Wildman–Crippen MR) is 241 cm³/mol. The largest absolute Gasteiger partial charge is 0.455 e. The minimum atomic E-state index is 0.900. The van der Waals surface area contributed by atoms with E-state index >= 15 is 0 Å². The molecule has 12 rings (SSSR count). The third kappa shape index (κ3) is 5.02. The van der Waals surface area contributed by atoms with Crippen molar-refractivity contribution in [2.45, 2.75) is 0 Å². The molecule has 0 saturated carbocycles. The summed E-state index contributed by atoms with van der Waals surface area (Å²) in [6.45, 7) is 0. The van der Waals surface area contributed by atoms with Crippen molar-refractivity contribution < 1.29 is 8.83 Å². The van der Waals surface area contributed by atoms with E-state index < -0.39 is 0 Å². The molecule has 0 aliphatic rings. The van der Waals surface area contributed by atoms with Gasteiger partial charge in [0.1, 0.15) is 22.3 Å². The Hall–Kier alpha value is -7.82. The van der Waals surface area contributed by atoms with Gasteiger partial charge in [-0.3, -0.25) is 0 Å². The smallest absolute Gasteiger partial charge is 0.143 e. The van der Waals surface area contributed by atoms with Gasteiger partial charge in [-0.2, -0.15) is 0 Å². The Morgan fingerprint density at radius 3 is 1.16 bits per heavy atom. The normalized spacial score (nSPS) is 11.8. The van der Waals surface area contributed by atoms with Crippen LogP contribution >= 0.6 is 0 Å². The molecule has 0 radical (unpaired) electrons. The topological polar surface area (TPSA) is 34.5 Å². The highest BCUT2D eigenvalue weighted by atomic mass is 16.3. The first kappa shape index (κ1) is 32.4. The summed E-state index contributed by atoms with van der Waals surface area (Å²) >= 11 is 0. The van der Waals surface area contributed by atoms with Crippen molar-refractivity contribution in [1.29, 1.82) is 0 Å². The van der Waals surface area contributed by atoms with Crippen LogP contribution in [0.25, 0.3) is 93.6 Å². The average molecular weight is 743 g/mol. The van der Waals surface area contributed by atoms with E-state index in [9.17, 15) is 0 Å². The molecule has 0 aliphatic heterocycles. The molecule has 272 valence electrons. The summed E-state index contributed by atoms with van der Waals surface area (Å²) in [5.41, 5.74) is 14.6. The molecule has 0 bridgehead atoms. The highest BCUT2D eigenvalue weighted by Crippen LogP contribution is 2.42. The number of furan rings is 2. The Morgan fingerprint density at radius 1 is 0.310 bits per heavy atom. The fourth-order valence-corrected chi connectivity index (χ4v) is 8.93. The fourth-order valence-electron chi connectivity index (χ4n) is 8.93. The van der Waals surface area contributed by atoms with E-state index in [1.165, 1.54) is 21.8 Å². The van der Waals surface area contributed by atoms with Crippen molar-refractivity contribution in [2.75, 3.05) is 4.90 Å². The molecule has 4 nitrogen and oxygen atoms in total. The SMILES string of the molecule is c1ccc2c(c1)oc1c(-c3ccc(N(c4ccc(-c5cccc6c5oc5ccccc56)cc4)c4ccc(-n5c6ccccc6c6ccccc65)cc4)cc3)cccc12. The van der Waals surface area contributed by atoms with Crippen molar-refractivity contribution in [3.05, 3.63) is 206 Å². The first-order valence-corrected chi connectivity index (χ1v) is 19.7. The predicted octanol–water partition coefficient (Wildman–Crippen LogP) is 15.4. The summed E-state index contributed by atoms with van der Waals surface area (Å²) in [5, 5.41) is 7.01. The fraction of sp³-hybridized carbons (Fsp3) is 0. The van der Waals surface area contributed by atoms with E-state index in [2.05, 4.69) is 191 Å². The number of fused-ring (bicyclic) bond motifs is 9. The molecular formula is C54H34N2O2. The lowest BCUT2D eigenvalue weighted by Crippen LogP contribution is -2.10. The van der Waals surface area contributed by atoms with E-state index in [1.807, 2.05) is 24.3 Å². The van der Waals surface area contributed by atoms with Gasteiger partial charge in [-0.15, -0.1) is 0 Å². The first-order valence-electron chi connectivity index (χ1n) is 19.7. The van der Waals surface area contributed by atoms with Gasteiger partial charge in [-0.05, 0) is 83.9 Å². The Bertz CT molecular complexity index is 3290. The molecule has 58 heavy (non-hydrogen) atoms. The second-order valence-electron chi connectivity index (χ2n) is 14.9. The van der Waals surface area contributed by atoms with Crippen molar-refractivity contribution >= 4 is 82.7 Å². The molecule has 4 heteroatoms. The van der Waals surface area contributed by atoms with Crippen molar-refractivity contribution in [2.24, 2.45) is 0 Å². The Morgan fingerprint density at radius 2 is 0.690 bits per heavy atom. The van der Waals surface area contributed by atoms with Gasteiger partial charge in [0.2, 0.25) is 0 Å². The highest BCUT2D eigenvalue weighted by Gasteiger charge is 2.18. The third-order valence-electron chi connectivity index (χ3n) is 11.6. The number of para-hydroxylation sites is 6. The number of anilines is 3. The van der Waals surface area contributed by atoms with Crippen LogP contribution in [0.4, 0.5) is 17.1 Å². The summed E-state index contributed by atoms with van der Waals surface area (Å²) < 4.78 is 15.2. The molecule has 0 fully saturated rings. The summed E-state index contributed by atoms with van der Waals surface area (Å²) in [4.78, 5) is 2.33. The molecule has 0 amide bonds. The quantitative estimate of drug-likeness (QED) is 0.170. The lowest BCUT2D eigenvalue weighted by Gasteiger charge is -2.26. The molecule has 3 heterocycles. The standard InChI is InChI=1S/C54H34N2O2/c1-5-19-49-43(11-1)44-12-2-6-20-50(44)56(49)40-33-31-39(32-34-40)55(37-27-23-35(24-28-37)41-15-9-17-47-45-13-3-7-21-51(45)57-53(41)47)38-29-25-36(26-30-38)42-16-10-18-48-46-14-4-8-22-52(46)58-54(42)48/h1-34H. The van der Waals surface area contributed by atoms with Gasteiger partial charge in [-0.1, -0.05) is 133 Å². The monoisotopic (exact) mass is 742 g/mol. The summed E-state index contributed by atoms with van der Waals surface area (Å²) in [7, 11) is 0. The maximum Gasteiger partial charge on any atom is 0.143 e. The molecule has 0 spiro atoms. The van der Waals surface area contributed by atoms with Crippen LogP contribution in [0.3, 0.4) is 0 Å². The van der Waals surface area contributed by atoms with Gasteiger partial charge in [0.15, 0.2) is 0 Å². The van der Waals surface area contributed by atoms with E-state index in [0.717, 1.165) is 88.9 Å². The second kappa shape index (κ2) is 12.9. The maximum atomic E-state index is 6.42. The number of hydrogen-bond acceptors (Lipinski definition) is 3. The Balaban J connectivity index is 0.971. The van der Waals surface area contributed by atoms with Crippen LogP contribution in [0, 0.1) is 0 Å². The van der Waals surface area contributed by atoms with Gasteiger partial charge >= 0.3 is 0 Å². The molecular weight excluding hydrogens is 709 g/mol. The summed E-state index contributed by atoms with van der Waals surface area (Å²) in [6, 6.07) is 73.2. The van der Waals surface area contributed by atoms with Crippen LogP contribution in [0.15, 0.2) is 215 Å². The zero-order valence-electron chi connectivity index (χ0n) is 31.3. The zero-order chi connectivity index (χ0) is 38.2. The van der Waals surface area contributed by atoms with E-state index in [-0.39, 0.29) is 0 Å². The number of nitrogens with zero attached hydrogens (tertiary/aromatic N) is 2. The number of benzene rings is 9. The van der Waals surface area contributed by atoms with Crippen LogP contribution in [0.1, 0.15) is 0 Å². The van der Waals surface area contributed by atoms with Crippen LogP contribution < -0.4 is 4.90 Å². The molecule has 12 aromatic rings. The number of rotatable bonds is 6. The number of hydrogen-bond donors (Lipinski definition) is 0. The van der Waals surface area contributed by atoms with Crippen LogP contribution in [0.2, 0.25) is 0 Å². The number of aromatic nitrogens is 1. The van der Waals surface area contributed by atoms with Gasteiger partial charge in [0.25, 0.3) is 0 Å². The summed E-state index contributed by atoms with van der Waals surface area (Å²) in [5.74, 6) is 0. The van der Waals surface area contributed by atoms with E-state index in [1.54, 1.807) is 0 Å². The zero-order valence-corrected chi connectivity index (χ0v) is 31.3. The van der Waals surface area contributed by atoms with Gasteiger partial charge < -0.3 is 18.3 Å². The highest BCUT2D eigenvalue weighted by molar-refractivity contribution is 6.11. The van der Waals surface area contributed by atoms with Gasteiger partial charge in [0.05, 0.1) is 11.0 Å². The average Bonchev–Trinajstić information content (AvgIpc) is 3.97. The Kier molecular flexibility index (Phi) is 7.20. The Labute approximate surface area is 334 Å². The molecule has 9 aromatic carbocycles. The van der Waals surface area contributed by atoms with E-state index in [0.29, 0.717) is 0 Å². The minimum Gasteiger partial charge on any atom is -0.455 e. The van der Waals surface area contributed by atoms with Crippen LogP contribution in [-0.2, 0) is 0 Å². The summed E-state index contributed by atoms with van der Waals surface area (Å²) in [6.07, 6.45) is 0. The lowest BCUT2D eigenvalue weighted by molar-refractivity contribution is 0.669. The molecule has 0 N–H and O–H groups in total. The van der Waals surface area contributed by atoms with E-state index in [4.69, 9.17) is 8.83 Å². The van der Waals surface area contributed by atoms with Crippen LogP contribution in [0.5, 0.6) is 0 Å². The van der Waals surface area contributed by atoms with Crippen molar-refractivity contribution in [3.8, 4) is 27.9 Å². The van der Waals surface area contributed by atoms with Gasteiger partial charge in [0, 0.05) is 66.2 Å². The van der Waals surface area contributed by atoms with Crippen molar-refractivity contribution in [1.82, 2.24) is 4.57 Å². The molecule has 3 aromatic heterocycles. The molecule has 0 unspecified atom stereocenters. The van der Waals surface area contributed by atoms with Crippen LogP contribution in [-0.4, -0.2) is 4.57 Å². The molecule has 0 saturated heterocycles. The second-order valence-corrected chi connectivity index (χ2v) is 14.9. The lowest BCUT2D eigenvalue weighted by atomic mass is 10.0. The third-order valence-corrected chi connectivity index (χ3v) is 11.6.